The predicted molar refractivity (Wildman–Crippen MR) is 68.9 cm³/mol. The summed E-state index contributed by atoms with van der Waals surface area (Å²) in [4.78, 5) is 0. The molecule has 94 valence electrons. The van der Waals surface area contributed by atoms with Crippen molar-refractivity contribution in [3.63, 3.8) is 0 Å². The molecule has 2 N–H and O–H groups in total. The molecule has 2 rings (SSSR count). The van der Waals surface area contributed by atoms with Gasteiger partial charge in [0.1, 0.15) is 0 Å². The van der Waals surface area contributed by atoms with Gasteiger partial charge in [0.25, 0.3) is 0 Å². The molecule has 0 unspecified atom stereocenters. The second kappa shape index (κ2) is 5.61. The fourth-order valence-electron chi connectivity index (χ4n) is 2.21. The lowest BCUT2D eigenvalue weighted by atomic mass is 9.98. The normalized spacial score (nSPS) is 13.1. The molecular weight excluding hydrogens is 238 g/mol. The summed E-state index contributed by atoms with van der Waals surface area (Å²) in [5.74, 6) is 1.65. The highest BCUT2D eigenvalue weighted by atomic mass is 35.5. The van der Waals surface area contributed by atoms with Gasteiger partial charge >= 0.3 is 0 Å². The van der Waals surface area contributed by atoms with Gasteiger partial charge in [-0.15, -0.1) is 0 Å². The van der Waals surface area contributed by atoms with Crippen molar-refractivity contribution in [3.8, 4) is 11.5 Å². The first-order valence-corrected chi connectivity index (χ1v) is 6.45. The van der Waals surface area contributed by atoms with E-state index in [4.69, 9.17) is 26.8 Å². The van der Waals surface area contributed by atoms with Gasteiger partial charge in [-0.3, -0.25) is 0 Å². The molecule has 17 heavy (non-hydrogen) atoms. The number of halogens is 1. The Labute approximate surface area is 107 Å². The van der Waals surface area contributed by atoms with Crippen LogP contribution in [-0.4, -0.2) is 13.3 Å². The van der Waals surface area contributed by atoms with Crippen molar-refractivity contribution in [2.45, 2.75) is 32.6 Å². The summed E-state index contributed by atoms with van der Waals surface area (Å²) >= 11 is 6.30. The molecule has 4 heteroatoms. The maximum absolute atomic E-state index is 6.30. The van der Waals surface area contributed by atoms with Crippen LogP contribution in [0.1, 0.15) is 30.9 Å². The molecule has 0 saturated carbocycles. The second-order valence-corrected chi connectivity index (χ2v) is 4.56. The zero-order valence-electron chi connectivity index (χ0n) is 10.1. The lowest BCUT2D eigenvalue weighted by Crippen LogP contribution is -2.01. The SMILES string of the molecule is CCc1c(CCCCN)c(Cl)cc2c1OCO2. The van der Waals surface area contributed by atoms with Crippen molar-refractivity contribution < 1.29 is 9.47 Å². The number of unbranched alkanes of at least 4 members (excludes halogenated alkanes) is 1. The monoisotopic (exact) mass is 255 g/mol. The zero-order valence-corrected chi connectivity index (χ0v) is 10.8. The number of hydrogen-bond donors (Lipinski definition) is 1. The van der Waals surface area contributed by atoms with Crippen LogP contribution in [0.25, 0.3) is 0 Å². The first-order valence-electron chi connectivity index (χ1n) is 6.07. The van der Waals surface area contributed by atoms with Crippen molar-refractivity contribution in [1.82, 2.24) is 0 Å². The van der Waals surface area contributed by atoms with Crippen LogP contribution < -0.4 is 15.2 Å². The molecule has 1 aliphatic heterocycles. The van der Waals surface area contributed by atoms with E-state index in [1.165, 1.54) is 11.1 Å². The molecule has 0 aliphatic carbocycles. The Morgan fingerprint density at radius 3 is 2.82 bits per heavy atom. The molecular formula is C13H18ClNO2. The quantitative estimate of drug-likeness (QED) is 0.823. The van der Waals surface area contributed by atoms with Crippen molar-refractivity contribution in [2.75, 3.05) is 13.3 Å². The van der Waals surface area contributed by atoms with Gasteiger partial charge in [-0.1, -0.05) is 18.5 Å². The van der Waals surface area contributed by atoms with Crippen LogP contribution in [-0.2, 0) is 12.8 Å². The van der Waals surface area contributed by atoms with Crippen LogP contribution in [0, 0.1) is 0 Å². The molecule has 0 amide bonds. The molecule has 1 aliphatic rings. The van der Waals surface area contributed by atoms with E-state index < -0.39 is 0 Å². The molecule has 1 aromatic carbocycles. The molecule has 3 nitrogen and oxygen atoms in total. The molecule has 1 heterocycles. The smallest absolute Gasteiger partial charge is 0.231 e. The van der Waals surface area contributed by atoms with Crippen LogP contribution >= 0.6 is 11.6 Å². The predicted octanol–water partition coefficient (Wildman–Crippen LogP) is 2.91. The minimum Gasteiger partial charge on any atom is -0.454 e. The maximum Gasteiger partial charge on any atom is 0.231 e. The standard InChI is InChI=1S/C13H18ClNO2/c1-2-9-10(5-3-4-6-15)11(14)7-12-13(9)17-8-16-12/h7H,2-6,8,15H2,1H3. The number of nitrogens with two attached hydrogens (primary N) is 1. The summed E-state index contributed by atoms with van der Waals surface area (Å²) in [5.41, 5.74) is 7.88. The summed E-state index contributed by atoms with van der Waals surface area (Å²) in [6, 6.07) is 1.86. The van der Waals surface area contributed by atoms with E-state index in [2.05, 4.69) is 6.92 Å². The van der Waals surface area contributed by atoms with Crippen molar-refractivity contribution in [2.24, 2.45) is 5.73 Å². The third-order valence-corrected chi connectivity index (χ3v) is 3.40. The highest BCUT2D eigenvalue weighted by molar-refractivity contribution is 6.31. The largest absolute Gasteiger partial charge is 0.454 e. The second-order valence-electron chi connectivity index (χ2n) is 4.15. The molecule has 1 aromatic rings. The molecule has 0 aromatic heterocycles. The molecule has 0 atom stereocenters. The van der Waals surface area contributed by atoms with Gasteiger partial charge < -0.3 is 15.2 Å². The van der Waals surface area contributed by atoms with Gasteiger partial charge in [-0.25, -0.2) is 0 Å². The van der Waals surface area contributed by atoms with Crippen molar-refractivity contribution in [3.05, 3.63) is 22.2 Å². The van der Waals surface area contributed by atoms with Crippen LogP contribution in [0.15, 0.2) is 6.07 Å². The molecule has 0 fully saturated rings. The highest BCUT2D eigenvalue weighted by Crippen LogP contribution is 2.42. The Morgan fingerprint density at radius 1 is 1.29 bits per heavy atom. The number of rotatable bonds is 5. The topological polar surface area (TPSA) is 44.5 Å². The van der Waals surface area contributed by atoms with E-state index in [-0.39, 0.29) is 0 Å². The highest BCUT2D eigenvalue weighted by Gasteiger charge is 2.22. The van der Waals surface area contributed by atoms with Gasteiger partial charge in [0.2, 0.25) is 6.79 Å². The van der Waals surface area contributed by atoms with Gasteiger partial charge in [-0.05, 0) is 37.8 Å². The minimum atomic E-state index is 0.297. The summed E-state index contributed by atoms with van der Waals surface area (Å²) in [5, 5.41) is 0.781. The fourth-order valence-corrected chi connectivity index (χ4v) is 2.51. The minimum absolute atomic E-state index is 0.297. The average molecular weight is 256 g/mol. The third-order valence-electron chi connectivity index (χ3n) is 3.06. The zero-order chi connectivity index (χ0) is 12.3. The Kier molecular flexibility index (Phi) is 4.13. The van der Waals surface area contributed by atoms with E-state index >= 15 is 0 Å². The summed E-state index contributed by atoms with van der Waals surface area (Å²) in [6.45, 7) is 3.13. The van der Waals surface area contributed by atoms with Crippen LogP contribution in [0.5, 0.6) is 11.5 Å². The van der Waals surface area contributed by atoms with E-state index in [1.54, 1.807) is 0 Å². The molecule has 0 bridgehead atoms. The third kappa shape index (κ3) is 2.50. The Hall–Kier alpha value is -0.930. The lowest BCUT2D eigenvalue weighted by molar-refractivity contribution is 0.173. The van der Waals surface area contributed by atoms with E-state index in [9.17, 15) is 0 Å². The first kappa shape index (κ1) is 12.5. The average Bonchev–Trinajstić information content (AvgIpc) is 2.77. The Bertz CT molecular complexity index is 407. The first-order chi connectivity index (χ1) is 8.27. The van der Waals surface area contributed by atoms with Crippen molar-refractivity contribution >= 4 is 11.6 Å². The summed E-state index contributed by atoms with van der Waals surface area (Å²) in [7, 11) is 0. The van der Waals surface area contributed by atoms with E-state index in [1.807, 2.05) is 6.07 Å². The Balaban J connectivity index is 2.30. The van der Waals surface area contributed by atoms with Gasteiger partial charge in [0.05, 0.1) is 0 Å². The number of hydrogen-bond acceptors (Lipinski definition) is 3. The van der Waals surface area contributed by atoms with Crippen molar-refractivity contribution in [1.29, 1.82) is 0 Å². The molecule has 0 spiro atoms. The Morgan fingerprint density at radius 2 is 2.12 bits per heavy atom. The van der Waals surface area contributed by atoms with Crippen LogP contribution in [0.3, 0.4) is 0 Å². The van der Waals surface area contributed by atoms with E-state index in [0.29, 0.717) is 6.79 Å². The number of benzene rings is 1. The summed E-state index contributed by atoms with van der Waals surface area (Å²) in [6.07, 6.45) is 3.94. The van der Waals surface area contributed by atoms with Crippen LogP contribution in [0.4, 0.5) is 0 Å². The lowest BCUT2D eigenvalue weighted by Gasteiger charge is -2.12. The fraction of sp³-hybridized carbons (Fsp3) is 0.538. The van der Waals surface area contributed by atoms with Crippen LogP contribution in [0.2, 0.25) is 5.02 Å². The maximum atomic E-state index is 6.30. The number of fused-ring (bicyclic) bond motifs is 1. The van der Waals surface area contributed by atoms with Gasteiger partial charge in [-0.2, -0.15) is 0 Å². The van der Waals surface area contributed by atoms with E-state index in [0.717, 1.165) is 48.7 Å². The summed E-state index contributed by atoms with van der Waals surface area (Å²) < 4.78 is 10.9. The molecule has 0 saturated heterocycles. The number of ether oxygens (including phenoxy) is 2. The molecule has 0 radical (unpaired) electrons. The van der Waals surface area contributed by atoms with Gasteiger partial charge in [0, 0.05) is 16.7 Å². The van der Waals surface area contributed by atoms with Gasteiger partial charge in [0.15, 0.2) is 11.5 Å².